The molecule has 2 heterocycles. The zero-order valence-corrected chi connectivity index (χ0v) is 20.0. The molecule has 1 amide bonds. The Kier molecular flexibility index (Phi) is 6.52. The molecule has 4 rings (SSSR count). The standard InChI is InChI=1S/C27H31N5O/c1-19-17-25(29-23-11-8-21(9-12-23)7-6-16-30(3)4)24-18-22(26-14-15-28-31(26)5)10-13-27(24)32(19)20(2)33/h8-15,18-19,25,29H,16-17H2,1-5H3/t19-,25+/m0/s1. The van der Waals surface area contributed by atoms with Crippen molar-refractivity contribution in [3.8, 4) is 23.1 Å². The van der Waals surface area contributed by atoms with Crippen LogP contribution in [0.1, 0.15) is 37.4 Å². The number of benzene rings is 2. The van der Waals surface area contributed by atoms with Gasteiger partial charge in [-0.3, -0.25) is 14.4 Å². The number of carbonyl (C=O) groups is 1. The summed E-state index contributed by atoms with van der Waals surface area (Å²) in [6.07, 6.45) is 2.63. The summed E-state index contributed by atoms with van der Waals surface area (Å²) in [6, 6.07) is 16.8. The highest BCUT2D eigenvalue weighted by Crippen LogP contribution is 2.41. The summed E-state index contributed by atoms with van der Waals surface area (Å²) in [5, 5.41) is 8.01. The molecule has 0 aliphatic carbocycles. The second-order valence-corrected chi connectivity index (χ2v) is 8.90. The van der Waals surface area contributed by atoms with Crippen molar-refractivity contribution in [2.75, 3.05) is 30.9 Å². The number of anilines is 2. The smallest absolute Gasteiger partial charge is 0.224 e. The number of hydrogen-bond donors (Lipinski definition) is 1. The van der Waals surface area contributed by atoms with E-state index in [2.05, 4.69) is 64.4 Å². The SMILES string of the molecule is CC(=O)N1c2ccc(-c3ccnn3C)cc2[C@H](Nc2ccc(C#CCN(C)C)cc2)C[C@@H]1C. The Hall–Kier alpha value is -3.56. The number of nitrogens with one attached hydrogen (secondary N) is 1. The predicted molar refractivity (Wildman–Crippen MR) is 134 cm³/mol. The lowest BCUT2D eigenvalue weighted by atomic mass is 9.89. The number of hydrogen-bond acceptors (Lipinski definition) is 4. The Morgan fingerprint density at radius 1 is 1.18 bits per heavy atom. The number of nitrogens with zero attached hydrogens (tertiary/aromatic N) is 4. The molecule has 2 aromatic carbocycles. The number of amides is 1. The van der Waals surface area contributed by atoms with Crippen molar-refractivity contribution >= 4 is 17.3 Å². The Bertz CT molecular complexity index is 1200. The summed E-state index contributed by atoms with van der Waals surface area (Å²) in [5.74, 6) is 6.44. The van der Waals surface area contributed by atoms with Crippen molar-refractivity contribution in [3.05, 3.63) is 65.9 Å². The second-order valence-electron chi connectivity index (χ2n) is 8.90. The molecular formula is C27H31N5O. The van der Waals surface area contributed by atoms with Crippen molar-refractivity contribution in [3.63, 3.8) is 0 Å². The van der Waals surface area contributed by atoms with Crippen molar-refractivity contribution in [1.29, 1.82) is 0 Å². The van der Waals surface area contributed by atoms with Gasteiger partial charge in [-0.2, -0.15) is 5.10 Å². The van der Waals surface area contributed by atoms with E-state index < -0.39 is 0 Å². The molecule has 0 fully saturated rings. The first-order chi connectivity index (χ1) is 15.8. The Balaban J connectivity index is 1.65. The van der Waals surface area contributed by atoms with Gasteiger partial charge >= 0.3 is 0 Å². The van der Waals surface area contributed by atoms with E-state index in [0.717, 1.165) is 46.7 Å². The molecule has 6 heteroatoms. The lowest BCUT2D eigenvalue weighted by Crippen LogP contribution is -2.43. The van der Waals surface area contributed by atoms with Crippen LogP contribution in [0, 0.1) is 11.8 Å². The summed E-state index contributed by atoms with van der Waals surface area (Å²) in [6.45, 7) is 4.49. The highest BCUT2D eigenvalue weighted by molar-refractivity contribution is 5.94. The lowest BCUT2D eigenvalue weighted by Gasteiger charge is -2.39. The maximum atomic E-state index is 12.4. The van der Waals surface area contributed by atoms with E-state index in [1.807, 2.05) is 48.9 Å². The molecule has 0 bridgehead atoms. The normalized spacial score (nSPS) is 17.3. The molecule has 1 aromatic heterocycles. The molecule has 33 heavy (non-hydrogen) atoms. The van der Waals surface area contributed by atoms with Gasteiger partial charge in [-0.1, -0.05) is 17.9 Å². The van der Waals surface area contributed by atoms with Crippen LogP contribution in [0.15, 0.2) is 54.7 Å². The molecule has 170 valence electrons. The van der Waals surface area contributed by atoms with Crippen molar-refractivity contribution in [1.82, 2.24) is 14.7 Å². The van der Waals surface area contributed by atoms with Gasteiger partial charge in [0.25, 0.3) is 0 Å². The van der Waals surface area contributed by atoms with Gasteiger partial charge in [-0.15, -0.1) is 0 Å². The van der Waals surface area contributed by atoms with Crippen LogP contribution in [0.4, 0.5) is 11.4 Å². The van der Waals surface area contributed by atoms with Crippen LogP contribution in [-0.2, 0) is 11.8 Å². The monoisotopic (exact) mass is 441 g/mol. The third kappa shape index (κ3) is 4.94. The highest BCUT2D eigenvalue weighted by Gasteiger charge is 2.32. The van der Waals surface area contributed by atoms with Gasteiger partial charge in [0.05, 0.1) is 18.3 Å². The van der Waals surface area contributed by atoms with E-state index in [1.54, 1.807) is 13.1 Å². The average molecular weight is 442 g/mol. The maximum Gasteiger partial charge on any atom is 0.224 e. The zero-order valence-electron chi connectivity index (χ0n) is 20.0. The fourth-order valence-electron chi connectivity index (χ4n) is 4.45. The van der Waals surface area contributed by atoms with Crippen LogP contribution in [0.2, 0.25) is 0 Å². The third-order valence-electron chi connectivity index (χ3n) is 5.99. The molecular weight excluding hydrogens is 410 g/mol. The molecule has 1 aliphatic rings. The van der Waals surface area contributed by atoms with Gasteiger partial charge in [0.1, 0.15) is 0 Å². The van der Waals surface area contributed by atoms with Gasteiger partial charge in [0.2, 0.25) is 5.91 Å². The molecule has 6 nitrogen and oxygen atoms in total. The summed E-state index contributed by atoms with van der Waals surface area (Å²) in [4.78, 5) is 16.4. The second kappa shape index (κ2) is 9.51. The van der Waals surface area contributed by atoms with Crippen LogP contribution >= 0.6 is 0 Å². The van der Waals surface area contributed by atoms with Crippen molar-refractivity contribution in [2.45, 2.75) is 32.4 Å². The quantitative estimate of drug-likeness (QED) is 0.614. The summed E-state index contributed by atoms with van der Waals surface area (Å²) in [7, 11) is 5.97. The van der Waals surface area contributed by atoms with Crippen LogP contribution in [-0.4, -0.2) is 47.3 Å². The van der Waals surface area contributed by atoms with Gasteiger partial charge < -0.3 is 10.2 Å². The summed E-state index contributed by atoms with van der Waals surface area (Å²) in [5.41, 5.74) is 6.27. The first-order valence-electron chi connectivity index (χ1n) is 11.3. The Morgan fingerprint density at radius 3 is 2.58 bits per heavy atom. The van der Waals surface area contributed by atoms with E-state index in [9.17, 15) is 4.79 Å². The Morgan fingerprint density at radius 2 is 1.94 bits per heavy atom. The van der Waals surface area contributed by atoms with E-state index >= 15 is 0 Å². The molecule has 1 N–H and O–H groups in total. The number of carbonyl (C=O) groups excluding carboxylic acids is 1. The largest absolute Gasteiger partial charge is 0.378 e. The number of fused-ring (bicyclic) bond motifs is 1. The van der Waals surface area contributed by atoms with Gasteiger partial charge in [-0.25, -0.2) is 0 Å². The first-order valence-corrected chi connectivity index (χ1v) is 11.3. The highest BCUT2D eigenvalue weighted by atomic mass is 16.2. The zero-order chi connectivity index (χ0) is 23.5. The molecule has 3 aromatic rings. The van der Waals surface area contributed by atoms with Gasteiger partial charge in [0, 0.05) is 48.7 Å². The van der Waals surface area contributed by atoms with Crippen molar-refractivity contribution < 1.29 is 4.79 Å². The van der Waals surface area contributed by atoms with Crippen LogP contribution in [0.3, 0.4) is 0 Å². The Labute approximate surface area is 196 Å². The van der Waals surface area contributed by atoms with Gasteiger partial charge in [0.15, 0.2) is 0 Å². The minimum Gasteiger partial charge on any atom is -0.378 e. The third-order valence-corrected chi connectivity index (χ3v) is 5.99. The predicted octanol–water partition coefficient (Wildman–Crippen LogP) is 4.30. The average Bonchev–Trinajstić information content (AvgIpc) is 3.20. The minimum absolute atomic E-state index is 0.0659. The molecule has 0 unspecified atom stereocenters. The molecule has 0 radical (unpaired) electrons. The number of aromatic nitrogens is 2. The van der Waals surface area contributed by atoms with E-state index in [0.29, 0.717) is 0 Å². The fraction of sp³-hybridized carbons (Fsp3) is 0.333. The summed E-state index contributed by atoms with van der Waals surface area (Å²) >= 11 is 0. The molecule has 1 aliphatic heterocycles. The van der Waals surface area contributed by atoms with Crippen LogP contribution < -0.4 is 10.2 Å². The molecule has 2 atom stereocenters. The number of rotatable bonds is 4. The maximum absolute atomic E-state index is 12.4. The van der Waals surface area contributed by atoms with Crippen LogP contribution in [0.5, 0.6) is 0 Å². The minimum atomic E-state index is 0.0659. The molecule has 0 saturated carbocycles. The van der Waals surface area contributed by atoms with E-state index in [-0.39, 0.29) is 18.0 Å². The molecule has 0 saturated heterocycles. The fourth-order valence-corrected chi connectivity index (χ4v) is 4.45. The first kappa shape index (κ1) is 22.6. The topological polar surface area (TPSA) is 53.4 Å². The number of aryl methyl sites for hydroxylation is 1. The van der Waals surface area contributed by atoms with E-state index in [4.69, 9.17) is 0 Å². The van der Waals surface area contributed by atoms with Crippen molar-refractivity contribution in [2.24, 2.45) is 7.05 Å². The molecule has 0 spiro atoms. The van der Waals surface area contributed by atoms with Crippen LogP contribution in [0.25, 0.3) is 11.3 Å². The van der Waals surface area contributed by atoms with E-state index in [1.165, 1.54) is 0 Å². The summed E-state index contributed by atoms with van der Waals surface area (Å²) < 4.78 is 1.87. The van der Waals surface area contributed by atoms with Gasteiger partial charge in [-0.05, 0) is 75.5 Å². The lowest BCUT2D eigenvalue weighted by molar-refractivity contribution is -0.117.